The molecule has 0 amide bonds. The molecule has 0 aromatic heterocycles. The zero-order chi connectivity index (χ0) is 14.8. The van der Waals surface area contributed by atoms with Gasteiger partial charge in [0.1, 0.15) is 11.4 Å². The van der Waals surface area contributed by atoms with Crippen molar-refractivity contribution in [3.63, 3.8) is 0 Å². The Morgan fingerprint density at radius 3 is 2.33 bits per heavy atom. The highest BCUT2D eigenvalue weighted by Gasteiger charge is 2.31. The van der Waals surface area contributed by atoms with Gasteiger partial charge in [-0.3, -0.25) is 0 Å². The summed E-state index contributed by atoms with van der Waals surface area (Å²) < 4.78 is 18.0. The molecule has 21 heavy (non-hydrogen) atoms. The Bertz CT molecular complexity index is 743. The van der Waals surface area contributed by atoms with Crippen LogP contribution in [-0.4, -0.2) is 11.1 Å². The van der Waals surface area contributed by atoms with Crippen LogP contribution < -0.4 is 0 Å². The number of carbonyl (C=O) groups excluding carboxylic acids is 1. The molecule has 0 unspecified atom stereocenters. The van der Waals surface area contributed by atoms with Crippen LogP contribution in [0.1, 0.15) is 11.1 Å². The summed E-state index contributed by atoms with van der Waals surface area (Å²) >= 11 is 0. The number of benzene rings is 2. The van der Waals surface area contributed by atoms with Crippen LogP contribution in [0.4, 0.5) is 4.39 Å². The van der Waals surface area contributed by atoms with Crippen LogP contribution in [0.15, 0.2) is 66.1 Å². The van der Waals surface area contributed by atoms with Gasteiger partial charge in [0.25, 0.3) is 0 Å². The van der Waals surface area contributed by atoms with Crippen molar-refractivity contribution in [3.05, 3.63) is 83.1 Å². The molecule has 0 bridgehead atoms. The van der Waals surface area contributed by atoms with Gasteiger partial charge in [0.2, 0.25) is 0 Å². The van der Waals surface area contributed by atoms with Crippen LogP contribution in [0.25, 0.3) is 11.6 Å². The maximum Gasteiger partial charge on any atom is 0.348 e. The molecule has 2 aromatic rings. The number of rotatable bonds is 2. The Morgan fingerprint density at radius 2 is 1.67 bits per heavy atom. The summed E-state index contributed by atoms with van der Waals surface area (Å²) in [7, 11) is 0. The topological polar surface area (TPSA) is 46.5 Å². The average Bonchev–Trinajstić information content (AvgIpc) is 2.76. The van der Waals surface area contributed by atoms with Crippen LogP contribution in [-0.2, 0) is 9.53 Å². The molecule has 0 radical (unpaired) electrons. The number of aliphatic hydroxyl groups excluding tert-OH is 1. The third-order valence-electron chi connectivity index (χ3n) is 3.11. The first-order chi connectivity index (χ1) is 10.1. The maximum atomic E-state index is 12.9. The molecular formula is C17H11FO3. The van der Waals surface area contributed by atoms with Gasteiger partial charge >= 0.3 is 5.97 Å². The van der Waals surface area contributed by atoms with Crippen molar-refractivity contribution in [2.75, 3.05) is 0 Å². The summed E-state index contributed by atoms with van der Waals surface area (Å²) in [6.45, 7) is 0. The predicted molar refractivity (Wildman–Crippen MR) is 76.5 cm³/mol. The number of halogens is 1. The van der Waals surface area contributed by atoms with Gasteiger partial charge in [0, 0.05) is 0 Å². The fourth-order valence-electron chi connectivity index (χ4n) is 2.09. The van der Waals surface area contributed by atoms with Gasteiger partial charge in [-0.25, -0.2) is 9.18 Å². The summed E-state index contributed by atoms with van der Waals surface area (Å²) in [5, 5.41) is 10.2. The van der Waals surface area contributed by atoms with E-state index in [1.165, 1.54) is 24.3 Å². The minimum atomic E-state index is -0.652. The van der Waals surface area contributed by atoms with Gasteiger partial charge in [-0.15, -0.1) is 0 Å². The molecule has 4 heteroatoms. The number of esters is 1. The predicted octanol–water partition coefficient (Wildman–Crippen LogP) is 3.69. The highest BCUT2D eigenvalue weighted by Crippen LogP contribution is 2.32. The third-order valence-corrected chi connectivity index (χ3v) is 3.11. The smallest absolute Gasteiger partial charge is 0.348 e. The summed E-state index contributed by atoms with van der Waals surface area (Å²) in [5.74, 6) is -1.22. The minimum Gasteiger partial charge on any atom is -0.504 e. The molecule has 0 spiro atoms. The van der Waals surface area contributed by atoms with Gasteiger partial charge in [0.05, 0.1) is 0 Å². The van der Waals surface area contributed by atoms with Crippen LogP contribution >= 0.6 is 0 Å². The van der Waals surface area contributed by atoms with E-state index in [0.29, 0.717) is 5.56 Å². The first-order valence-electron chi connectivity index (χ1n) is 6.33. The SMILES string of the molecule is O=C1O/C(=C/c2ccccc2)C(O)=C1c1ccc(F)cc1. The highest BCUT2D eigenvalue weighted by atomic mass is 19.1. The van der Waals surface area contributed by atoms with Gasteiger partial charge < -0.3 is 9.84 Å². The number of ether oxygens (including phenoxy) is 1. The molecule has 3 rings (SSSR count). The molecule has 1 aliphatic heterocycles. The number of hydrogen-bond donors (Lipinski definition) is 1. The Kier molecular flexibility index (Phi) is 3.28. The van der Waals surface area contributed by atoms with E-state index in [1.807, 2.05) is 30.3 Å². The van der Waals surface area contributed by atoms with Crippen LogP contribution in [0.5, 0.6) is 0 Å². The van der Waals surface area contributed by atoms with Gasteiger partial charge in [0.15, 0.2) is 11.5 Å². The van der Waals surface area contributed by atoms with E-state index in [1.54, 1.807) is 6.08 Å². The van der Waals surface area contributed by atoms with Gasteiger partial charge in [-0.2, -0.15) is 0 Å². The molecule has 0 saturated carbocycles. The molecule has 0 aliphatic carbocycles. The lowest BCUT2D eigenvalue weighted by atomic mass is 10.1. The molecule has 1 N–H and O–H groups in total. The lowest BCUT2D eigenvalue weighted by Crippen LogP contribution is -1.98. The fourth-order valence-corrected chi connectivity index (χ4v) is 2.09. The van der Waals surface area contributed by atoms with Crippen molar-refractivity contribution in [2.45, 2.75) is 0 Å². The second-order valence-corrected chi connectivity index (χ2v) is 4.54. The molecule has 1 aliphatic rings. The van der Waals surface area contributed by atoms with Crippen LogP contribution in [0.3, 0.4) is 0 Å². The van der Waals surface area contributed by atoms with Crippen molar-refractivity contribution in [2.24, 2.45) is 0 Å². The number of carbonyl (C=O) groups is 1. The average molecular weight is 282 g/mol. The normalized spacial score (nSPS) is 16.4. The van der Waals surface area contributed by atoms with Crippen molar-refractivity contribution >= 4 is 17.6 Å². The lowest BCUT2D eigenvalue weighted by Gasteiger charge is -1.98. The quantitative estimate of drug-likeness (QED) is 0.854. The Balaban J connectivity index is 2.02. The van der Waals surface area contributed by atoms with Crippen molar-refractivity contribution in [3.8, 4) is 0 Å². The fraction of sp³-hybridized carbons (Fsp3) is 0. The largest absolute Gasteiger partial charge is 0.504 e. The lowest BCUT2D eigenvalue weighted by molar-refractivity contribution is -0.131. The zero-order valence-electron chi connectivity index (χ0n) is 10.9. The van der Waals surface area contributed by atoms with E-state index in [2.05, 4.69) is 0 Å². The monoisotopic (exact) mass is 282 g/mol. The van der Waals surface area contributed by atoms with E-state index in [4.69, 9.17) is 4.74 Å². The standard InChI is InChI=1S/C17H11FO3/c18-13-8-6-12(7-9-13)15-16(19)14(21-17(15)20)10-11-4-2-1-3-5-11/h1-10,19H/b14-10+. The second-order valence-electron chi connectivity index (χ2n) is 4.54. The van der Waals surface area contributed by atoms with Crippen LogP contribution in [0.2, 0.25) is 0 Å². The number of hydrogen-bond acceptors (Lipinski definition) is 3. The molecule has 1 heterocycles. The molecule has 0 saturated heterocycles. The Hall–Kier alpha value is -2.88. The van der Waals surface area contributed by atoms with Gasteiger partial charge in [-0.1, -0.05) is 42.5 Å². The first-order valence-corrected chi connectivity index (χ1v) is 6.33. The summed E-state index contributed by atoms with van der Waals surface area (Å²) in [5.41, 5.74) is 1.25. The highest BCUT2D eigenvalue weighted by molar-refractivity contribution is 6.20. The minimum absolute atomic E-state index is 0.0391. The van der Waals surface area contributed by atoms with Crippen molar-refractivity contribution in [1.82, 2.24) is 0 Å². The van der Waals surface area contributed by atoms with Crippen molar-refractivity contribution < 1.29 is 19.0 Å². The van der Waals surface area contributed by atoms with E-state index in [0.717, 1.165) is 5.56 Å². The number of cyclic esters (lactones) is 1. The van der Waals surface area contributed by atoms with Gasteiger partial charge in [-0.05, 0) is 29.3 Å². The summed E-state index contributed by atoms with van der Waals surface area (Å²) in [4.78, 5) is 11.9. The van der Waals surface area contributed by atoms with E-state index in [-0.39, 0.29) is 17.1 Å². The molecule has 0 fully saturated rings. The van der Waals surface area contributed by atoms with Crippen molar-refractivity contribution in [1.29, 1.82) is 0 Å². The Morgan fingerprint density at radius 1 is 1.00 bits per heavy atom. The first kappa shape index (κ1) is 13.1. The molecule has 104 valence electrons. The Labute approximate surface area is 120 Å². The second kappa shape index (κ2) is 5.25. The van der Waals surface area contributed by atoms with E-state index in [9.17, 15) is 14.3 Å². The molecule has 0 atom stereocenters. The molecule has 3 nitrogen and oxygen atoms in total. The molecule has 2 aromatic carbocycles. The maximum absolute atomic E-state index is 12.9. The summed E-state index contributed by atoms with van der Waals surface area (Å²) in [6.07, 6.45) is 1.57. The third kappa shape index (κ3) is 2.56. The number of aliphatic hydroxyl groups is 1. The summed E-state index contributed by atoms with van der Waals surface area (Å²) in [6, 6.07) is 14.5. The zero-order valence-corrected chi connectivity index (χ0v) is 10.9. The van der Waals surface area contributed by atoms with E-state index >= 15 is 0 Å². The van der Waals surface area contributed by atoms with E-state index < -0.39 is 11.8 Å². The van der Waals surface area contributed by atoms with Crippen LogP contribution in [0, 0.1) is 5.82 Å². The molecular weight excluding hydrogens is 271 g/mol.